The molecule has 36 heavy (non-hydrogen) atoms. The maximum Gasteiger partial charge on any atom is 0.261 e. The highest BCUT2D eigenvalue weighted by molar-refractivity contribution is 6.09. The summed E-state index contributed by atoms with van der Waals surface area (Å²) in [6.07, 6.45) is 1.74. The van der Waals surface area contributed by atoms with E-state index in [0.29, 0.717) is 34.8 Å². The molecule has 3 aromatic heterocycles. The summed E-state index contributed by atoms with van der Waals surface area (Å²) in [6, 6.07) is 6.34. The van der Waals surface area contributed by atoms with Gasteiger partial charge >= 0.3 is 0 Å². The van der Waals surface area contributed by atoms with E-state index in [1.807, 2.05) is 19.9 Å². The average Bonchev–Trinajstić information content (AvgIpc) is 3.44. The number of carbonyl (C=O) groups is 1. The lowest BCUT2D eigenvalue weighted by Crippen LogP contribution is -2.45. The van der Waals surface area contributed by atoms with Crippen molar-refractivity contribution in [2.45, 2.75) is 27.3 Å². The van der Waals surface area contributed by atoms with E-state index in [0.717, 1.165) is 44.1 Å². The van der Waals surface area contributed by atoms with E-state index in [4.69, 9.17) is 0 Å². The van der Waals surface area contributed by atoms with Crippen LogP contribution >= 0.6 is 0 Å². The van der Waals surface area contributed by atoms with E-state index in [9.17, 15) is 9.18 Å². The number of carbonyl (C=O) groups excluding carboxylic acids is 1. The van der Waals surface area contributed by atoms with Crippen molar-refractivity contribution in [2.24, 2.45) is 0 Å². The lowest BCUT2D eigenvalue weighted by molar-refractivity contribution is 0.102. The number of halogens is 1. The van der Waals surface area contributed by atoms with Crippen LogP contribution in [0.15, 0.2) is 30.5 Å². The van der Waals surface area contributed by atoms with Gasteiger partial charge in [0.2, 0.25) is 0 Å². The van der Waals surface area contributed by atoms with Gasteiger partial charge in [-0.15, -0.1) is 5.10 Å². The van der Waals surface area contributed by atoms with Crippen molar-refractivity contribution in [3.05, 3.63) is 58.9 Å². The second-order valence-corrected chi connectivity index (χ2v) is 9.40. The molecule has 11 heteroatoms. The monoisotopic (exact) mass is 491 g/mol. The van der Waals surface area contributed by atoms with Crippen LogP contribution in [0.1, 0.15) is 27.4 Å². The first kappa shape index (κ1) is 24.0. The zero-order valence-corrected chi connectivity index (χ0v) is 21.0. The van der Waals surface area contributed by atoms with Gasteiger partial charge < -0.3 is 10.2 Å². The van der Waals surface area contributed by atoms with E-state index in [-0.39, 0.29) is 11.5 Å². The first-order valence-corrected chi connectivity index (χ1v) is 12.0. The normalized spacial score (nSPS) is 15.0. The van der Waals surface area contributed by atoms with E-state index in [1.165, 1.54) is 12.1 Å². The Morgan fingerprint density at radius 1 is 1.08 bits per heavy atom. The molecule has 1 aliphatic heterocycles. The molecule has 0 saturated carbocycles. The summed E-state index contributed by atoms with van der Waals surface area (Å²) in [5, 5.41) is 15.7. The predicted octanol–water partition coefficient (Wildman–Crippen LogP) is 2.55. The van der Waals surface area contributed by atoms with Gasteiger partial charge in [0.25, 0.3) is 5.91 Å². The van der Waals surface area contributed by atoms with Gasteiger partial charge in [-0.2, -0.15) is 5.10 Å². The summed E-state index contributed by atoms with van der Waals surface area (Å²) in [7, 11) is 2.13. The maximum absolute atomic E-state index is 14.7. The van der Waals surface area contributed by atoms with Gasteiger partial charge in [0.05, 0.1) is 18.4 Å². The molecule has 1 amide bonds. The summed E-state index contributed by atoms with van der Waals surface area (Å²) >= 11 is 0. The Kier molecular flexibility index (Phi) is 6.50. The van der Waals surface area contributed by atoms with Gasteiger partial charge in [-0.25, -0.2) is 13.9 Å². The van der Waals surface area contributed by atoms with Crippen LogP contribution in [-0.4, -0.2) is 85.1 Å². The zero-order valence-electron chi connectivity index (χ0n) is 21.0. The van der Waals surface area contributed by atoms with Crippen LogP contribution in [0.5, 0.6) is 0 Å². The molecular formula is C25H30FN9O. The molecule has 1 N–H and O–H groups in total. The van der Waals surface area contributed by atoms with Gasteiger partial charge in [-0.1, -0.05) is 5.21 Å². The van der Waals surface area contributed by atoms with Crippen molar-refractivity contribution in [1.29, 1.82) is 0 Å². The third kappa shape index (κ3) is 4.84. The average molecular weight is 492 g/mol. The van der Waals surface area contributed by atoms with Crippen LogP contribution in [0.4, 0.5) is 10.1 Å². The molecular weight excluding hydrogens is 461 g/mol. The molecule has 1 fully saturated rings. The van der Waals surface area contributed by atoms with Crippen LogP contribution in [0.25, 0.3) is 16.9 Å². The minimum atomic E-state index is -0.431. The smallest absolute Gasteiger partial charge is 0.261 e. The third-order valence-electron chi connectivity index (χ3n) is 6.58. The lowest BCUT2D eigenvalue weighted by Gasteiger charge is -2.32. The number of benzene rings is 1. The number of anilines is 1. The van der Waals surface area contributed by atoms with Crippen molar-refractivity contribution in [3.8, 4) is 11.3 Å². The minimum absolute atomic E-state index is 0.278. The molecule has 1 aliphatic rings. The number of hydrogen-bond donors (Lipinski definition) is 1. The number of nitrogens with zero attached hydrogens (tertiary/aromatic N) is 8. The number of piperazine rings is 1. The summed E-state index contributed by atoms with van der Waals surface area (Å²) in [5.74, 6) is -0.785. The second-order valence-electron chi connectivity index (χ2n) is 9.40. The Labute approximate surface area is 208 Å². The van der Waals surface area contributed by atoms with E-state index in [2.05, 4.69) is 42.6 Å². The standard InChI is InChI=1S/C25H30FN9O/c1-16-13-17(2)35-24(27-16)23(18(3)30-35)25(36)28-19-5-6-21(26)20(14-19)22-15-34(31-29-22)12-11-33-9-7-32(4)8-10-33/h5-6,13-15H,7-12H2,1-4H3,(H,28,36). The summed E-state index contributed by atoms with van der Waals surface area (Å²) in [4.78, 5) is 22.4. The fourth-order valence-electron chi connectivity index (χ4n) is 4.53. The highest BCUT2D eigenvalue weighted by atomic mass is 19.1. The summed E-state index contributed by atoms with van der Waals surface area (Å²) in [5.41, 5.74) is 4.29. The maximum atomic E-state index is 14.7. The van der Waals surface area contributed by atoms with Crippen molar-refractivity contribution in [1.82, 2.24) is 39.4 Å². The minimum Gasteiger partial charge on any atom is -0.322 e. The predicted molar refractivity (Wildman–Crippen MR) is 135 cm³/mol. The van der Waals surface area contributed by atoms with E-state index >= 15 is 0 Å². The Morgan fingerprint density at radius 2 is 1.86 bits per heavy atom. The van der Waals surface area contributed by atoms with Gasteiger partial charge in [0.1, 0.15) is 17.1 Å². The Balaban J connectivity index is 1.33. The Bertz CT molecular complexity index is 1420. The van der Waals surface area contributed by atoms with Crippen molar-refractivity contribution in [2.75, 3.05) is 45.1 Å². The molecule has 5 rings (SSSR count). The molecule has 188 valence electrons. The molecule has 0 aliphatic carbocycles. The molecule has 0 unspecified atom stereocenters. The van der Waals surface area contributed by atoms with Gasteiger partial charge in [-0.3, -0.25) is 14.4 Å². The van der Waals surface area contributed by atoms with Crippen molar-refractivity contribution in [3.63, 3.8) is 0 Å². The van der Waals surface area contributed by atoms with E-state index < -0.39 is 5.82 Å². The molecule has 0 atom stereocenters. The quantitative estimate of drug-likeness (QED) is 0.443. The Morgan fingerprint density at radius 3 is 2.64 bits per heavy atom. The molecule has 1 aromatic carbocycles. The second kappa shape index (κ2) is 9.75. The fraction of sp³-hybridized carbons (Fsp3) is 0.400. The highest BCUT2D eigenvalue weighted by Crippen LogP contribution is 2.25. The van der Waals surface area contributed by atoms with Crippen molar-refractivity contribution < 1.29 is 9.18 Å². The fourth-order valence-corrected chi connectivity index (χ4v) is 4.53. The van der Waals surface area contributed by atoms with Crippen LogP contribution in [0.2, 0.25) is 0 Å². The largest absolute Gasteiger partial charge is 0.322 e. The molecule has 10 nitrogen and oxygen atoms in total. The van der Waals surface area contributed by atoms with Gasteiger partial charge in [0.15, 0.2) is 5.65 Å². The van der Waals surface area contributed by atoms with Crippen LogP contribution in [0, 0.1) is 26.6 Å². The molecule has 4 heterocycles. The molecule has 0 radical (unpaired) electrons. The number of aromatic nitrogens is 6. The number of aryl methyl sites for hydroxylation is 3. The molecule has 1 saturated heterocycles. The van der Waals surface area contributed by atoms with E-state index in [1.54, 1.807) is 28.4 Å². The number of fused-ring (bicyclic) bond motifs is 1. The number of hydrogen-bond acceptors (Lipinski definition) is 7. The Hall–Kier alpha value is -3.70. The number of likely N-dealkylation sites (N-methyl/N-ethyl adjacent to an activating group) is 1. The number of amides is 1. The third-order valence-corrected chi connectivity index (χ3v) is 6.58. The summed E-state index contributed by atoms with van der Waals surface area (Å²) in [6.45, 7) is 11.3. The number of nitrogens with one attached hydrogen (secondary N) is 1. The summed E-state index contributed by atoms with van der Waals surface area (Å²) < 4.78 is 18.1. The van der Waals surface area contributed by atoms with Crippen LogP contribution in [0.3, 0.4) is 0 Å². The number of rotatable bonds is 6. The highest BCUT2D eigenvalue weighted by Gasteiger charge is 2.21. The van der Waals surface area contributed by atoms with Crippen molar-refractivity contribution >= 4 is 17.2 Å². The van der Waals surface area contributed by atoms with Gasteiger partial charge in [0, 0.05) is 55.4 Å². The lowest BCUT2D eigenvalue weighted by atomic mass is 10.1. The topological polar surface area (TPSA) is 96.5 Å². The molecule has 0 spiro atoms. The molecule has 4 aromatic rings. The molecule has 0 bridgehead atoms. The van der Waals surface area contributed by atoms with Crippen LogP contribution < -0.4 is 5.32 Å². The SMILES string of the molecule is Cc1cc(C)n2nc(C)c(C(=O)Nc3ccc(F)c(-c4cn(CCN5CCN(C)CC5)nn4)c3)c2n1. The first-order chi connectivity index (χ1) is 17.3. The van der Waals surface area contributed by atoms with Crippen LogP contribution in [-0.2, 0) is 6.54 Å². The van der Waals surface area contributed by atoms with Gasteiger partial charge in [-0.05, 0) is 52.1 Å². The zero-order chi connectivity index (χ0) is 25.4. The first-order valence-electron chi connectivity index (χ1n) is 12.0.